The van der Waals surface area contributed by atoms with E-state index in [0.717, 1.165) is 77.0 Å². The SMILES string of the molecule is CC/C=C\C/C=C\C/C=C\C/C=C\C/C=C\C/C=C\CCC(=O)OC(CCCCCCCCC/C=C/CCCCCCCC)CC(=O)NC(CO)C(O)CCCCCCCCCCCCCCCCC. The first kappa shape index (κ1) is 67.0. The summed E-state index contributed by atoms with van der Waals surface area (Å²) in [4.78, 5) is 26.3. The molecule has 6 nitrogen and oxygen atoms in total. The number of hydrogen-bond acceptors (Lipinski definition) is 5. The van der Waals surface area contributed by atoms with E-state index in [2.05, 4.69) is 105 Å². The minimum absolute atomic E-state index is 0.0419. The molecule has 0 fully saturated rings. The second-order valence-electron chi connectivity index (χ2n) is 20.0. The summed E-state index contributed by atoms with van der Waals surface area (Å²) in [5, 5.41) is 23.9. The van der Waals surface area contributed by atoms with Gasteiger partial charge < -0.3 is 20.3 Å². The van der Waals surface area contributed by atoms with Crippen molar-refractivity contribution in [3.63, 3.8) is 0 Å². The van der Waals surface area contributed by atoms with Gasteiger partial charge in [-0.3, -0.25) is 9.59 Å². The molecule has 0 rings (SSSR count). The number of ether oxygens (including phenoxy) is 1. The molecule has 0 aromatic carbocycles. The number of aliphatic hydroxyl groups excluding tert-OH is 2. The van der Waals surface area contributed by atoms with Crippen molar-refractivity contribution in [3.05, 3.63) is 85.1 Å². The van der Waals surface area contributed by atoms with Crippen molar-refractivity contribution in [1.29, 1.82) is 0 Å². The Morgan fingerprint density at radius 2 is 0.771 bits per heavy atom. The third-order valence-electron chi connectivity index (χ3n) is 13.2. The highest BCUT2D eigenvalue weighted by Crippen LogP contribution is 2.18. The van der Waals surface area contributed by atoms with Crippen molar-refractivity contribution in [2.45, 2.75) is 302 Å². The Labute approximate surface area is 433 Å². The molecular formula is C64H113NO5. The van der Waals surface area contributed by atoms with E-state index in [4.69, 9.17) is 4.74 Å². The van der Waals surface area contributed by atoms with Gasteiger partial charge in [0, 0.05) is 6.42 Å². The number of carbonyl (C=O) groups is 2. The summed E-state index contributed by atoms with van der Waals surface area (Å²) < 4.78 is 5.93. The van der Waals surface area contributed by atoms with Crippen LogP contribution in [0.25, 0.3) is 0 Å². The first-order chi connectivity index (χ1) is 34.5. The van der Waals surface area contributed by atoms with Gasteiger partial charge in [0.2, 0.25) is 5.91 Å². The molecule has 70 heavy (non-hydrogen) atoms. The smallest absolute Gasteiger partial charge is 0.306 e. The van der Waals surface area contributed by atoms with Gasteiger partial charge in [0.25, 0.3) is 0 Å². The Balaban J connectivity index is 4.69. The molecule has 3 atom stereocenters. The molecule has 0 aromatic heterocycles. The summed E-state index contributed by atoms with van der Waals surface area (Å²) in [7, 11) is 0. The summed E-state index contributed by atoms with van der Waals surface area (Å²) in [5.41, 5.74) is 0. The van der Waals surface area contributed by atoms with Gasteiger partial charge in [-0.15, -0.1) is 0 Å². The predicted molar refractivity (Wildman–Crippen MR) is 305 cm³/mol. The van der Waals surface area contributed by atoms with E-state index in [0.29, 0.717) is 19.3 Å². The fraction of sp³-hybridized carbons (Fsp3) is 0.750. The van der Waals surface area contributed by atoms with Crippen LogP contribution in [0, 0.1) is 0 Å². The summed E-state index contributed by atoms with van der Waals surface area (Å²) in [6.07, 6.45) is 75.1. The second kappa shape index (κ2) is 56.9. The van der Waals surface area contributed by atoms with Crippen LogP contribution in [-0.2, 0) is 14.3 Å². The van der Waals surface area contributed by atoms with Crippen LogP contribution in [0.1, 0.15) is 284 Å². The number of unbranched alkanes of at least 4 members (excludes halogenated alkanes) is 27. The normalized spacial score (nSPS) is 13.7. The molecule has 6 heteroatoms. The van der Waals surface area contributed by atoms with E-state index < -0.39 is 18.2 Å². The van der Waals surface area contributed by atoms with Crippen molar-refractivity contribution in [3.8, 4) is 0 Å². The number of esters is 1. The average Bonchev–Trinajstić information content (AvgIpc) is 3.35. The number of carbonyl (C=O) groups excluding carboxylic acids is 2. The number of allylic oxidation sites excluding steroid dienone is 14. The molecule has 0 aliphatic rings. The lowest BCUT2D eigenvalue weighted by atomic mass is 10.0. The van der Waals surface area contributed by atoms with Crippen LogP contribution in [0.5, 0.6) is 0 Å². The van der Waals surface area contributed by atoms with Gasteiger partial charge in [0.05, 0.1) is 25.2 Å². The fourth-order valence-corrected chi connectivity index (χ4v) is 8.75. The van der Waals surface area contributed by atoms with E-state index in [9.17, 15) is 19.8 Å². The predicted octanol–water partition coefficient (Wildman–Crippen LogP) is 18.7. The number of amides is 1. The molecule has 0 saturated carbocycles. The Kier molecular flexibility index (Phi) is 54.5. The third-order valence-corrected chi connectivity index (χ3v) is 13.2. The lowest BCUT2D eigenvalue weighted by Gasteiger charge is -2.24. The molecule has 0 aromatic rings. The van der Waals surface area contributed by atoms with Gasteiger partial charge in [0.1, 0.15) is 6.10 Å². The summed E-state index contributed by atoms with van der Waals surface area (Å²) >= 11 is 0. The van der Waals surface area contributed by atoms with Crippen LogP contribution in [0.2, 0.25) is 0 Å². The molecule has 0 spiro atoms. The minimum atomic E-state index is -0.806. The highest BCUT2D eigenvalue weighted by atomic mass is 16.5. The van der Waals surface area contributed by atoms with Gasteiger partial charge in [-0.1, -0.05) is 266 Å². The maximum Gasteiger partial charge on any atom is 0.306 e. The Morgan fingerprint density at radius 1 is 0.429 bits per heavy atom. The zero-order valence-corrected chi connectivity index (χ0v) is 46.1. The van der Waals surface area contributed by atoms with E-state index in [1.807, 2.05) is 6.08 Å². The monoisotopic (exact) mass is 976 g/mol. The van der Waals surface area contributed by atoms with Crippen LogP contribution >= 0.6 is 0 Å². The van der Waals surface area contributed by atoms with Gasteiger partial charge in [-0.25, -0.2) is 0 Å². The number of aliphatic hydroxyl groups is 2. The van der Waals surface area contributed by atoms with Crippen LogP contribution < -0.4 is 5.32 Å². The molecule has 3 N–H and O–H groups in total. The molecule has 0 bridgehead atoms. The lowest BCUT2D eigenvalue weighted by molar-refractivity contribution is -0.150. The van der Waals surface area contributed by atoms with E-state index in [-0.39, 0.29) is 31.3 Å². The van der Waals surface area contributed by atoms with E-state index in [1.54, 1.807) is 0 Å². The van der Waals surface area contributed by atoms with Crippen LogP contribution in [0.15, 0.2) is 85.1 Å². The van der Waals surface area contributed by atoms with Crippen molar-refractivity contribution in [1.82, 2.24) is 5.32 Å². The Bertz CT molecular complexity index is 1330. The van der Waals surface area contributed by atoms with Crippen molar-refractivity contribution < 1.29 is 24.5 Å². The van der Waals surface area contributed by atoms with Crippen molar-refractivity contribution in [2.24, 2.45) is 0 Å². The van der Waals surface area contributed by atoms with Crippen LogP contribution in [-0.4, -0.2) is 46.9 Å². The Morgan fingerprint density at radius 3 is 1.17 bits per heavy atom. The topological polar surface area (TPSA) is 95.9 Å². The average molecular weight is 977 g/mol. The summed E-state index contributed by atoms with van der Waals surface area (Å²) in [6.45, 7) is 6.37. The zero-order chi connectivity index (χ0) is 50.9. The molecule has 404 valence electrons. The third kappa shape index (κ3) is 51.4. The highest BCUT2D eigenvalue weighted by molar-refractivity contribution is 5.77. The van der Waals surface area contributed by atoms with E-state index in [1.165, 1.54) is 154 Å². The van der Waals surface area contributed by atoms with Gasteiger partial charge in [-0.2, -0.15) is 0 Å². The first-order valence-corrected chi connectivity index (χ1v) is 29.8. The largest absolute Gasteiger partial charge is 0.462 e. The molecular weight excluding hydrogens is 863 g/mol. The highest BCUT2D eigenvalue weighted by Gasteiger charge is 2.24. The molecule has 3 unspecified atom stereocenters. The number of rotatable bonds is 53. The summed E-state index contributed by atoms with van der Waals surface area (Å²) in [6, 6.07) is -0.723. The Hall–Kier alpha value is -2.96. The maximum absolute atomic E-state index is 13.3. The van der Waals surface area contributed by atoms with Crippen molar-refractivity contribution >= 4 is 11.9 Å². The fourth-order valence-electron chi connectivity index (χ4n) is 8.75. The quantitative estimate of drug-likeness (QED) is 0.0321. The van der Waals surface area contributed by atoms with Gasteiger partial charge >= 0.3 is 5.97 Å². The van der Waals surface area contributed by atoms with E-state index >= 15 is 0 Å². The van der Waals surface area contributed by atoms with Gasteiger partial charge in [0.15, 0.2) is 0 Å². The standard InChI is InChI=1S/C64H113NO5/c1-4-7-10-13-16-19-22-25-28-30-31-33-36-39-42-45-48-51-54-57-64(69)70-60(55-52-49-46-43-40-37-35-32-29-26-23-20-17-14-11-8-5-2)58-63(68)65-61(59-66)62(67)56-53-50-47-44-41-38-34-27-24-21-18-15-12-9-6-3/h7,10,16,19,25-26,28-29,31,33,39,42,48,51,60-62,66-67H,4-6,8-9,11-15,17-18,20-24,27,30,32,34-38,40-41,43-47,49-50,52-59H2,1-3H3,(H,65,68)/b10-7-,19-16-,28-25-,29-26+,33-31-,42-39-,51-48-. The van der Waals surface area contributed by atoms with Crippen LogP contribution in [0.3, 0.4) is 0 Å². The first-order valence-electron chi connectivity index (χ1n) is 29.8. The molecule has 0 aliphatic carbocycles. The molecule has 1 amide bonds. The number of hydrogen-bond donors (Lipinski definition) is 3. The molecule has 0 heterocycles. The van der Waals surface area contributed by atoms with Gasteiger partial charge in [-0.05, 0) is 89.9 Å². The van der Waals surface area contributed by atoms with Crippen LogP contribution in [0.4, 0.5) is 0 Å². The zero-order valence-electron chi connectivity index (χ0n) is 46.1. The maximum atomic E-state index is 13.3. The second-order valence-corrected chi connectivity index (χ2v) is 20.0. The lowest BCUT2D eigenvalue weighted by Crippen LogP contribution is -2.46. The molecule has 0 radical (unpaired) electrons. The van der Waals surface area contributed by atoms with Crippen molar-refractivity contribution in [2.75, 3.05) is 6.61 Å². The molecule has 0 saturated heterocycles. The minimum Gasteiger partial charge on any atom is -0.462 e. The molecule has 0 aliphatic heterocycles. The number of nitrogens with one attached hydrogen (secondary N) is 1. The summed E-state index contributed by atoms with van der Waals surface area (Å²) in [5.74, 6) is -0.573.